The van der Waals surface area contributed by atoms with Crippen molar-refractivity contribution in [2.45, 2.75) is 19.8 Å². The van der Waals surface area contributed by atoms with E-state index >= 15 is 0 Å². The van der Waals surface area contributed by atoms with Gasteiger partial charge < -0.3 is 14.9 Å². The van der Waals surface area contributed by atoms with Gasteiger partial charge in [0.1, 0.15) is 0 Å². The van der Waals surface area contributed by atoms with Crippen LogP contribution in [0.25, 0.3) is 0 Å². The molecule has 3 rings (SSSR count). The molecule has 4 nitrogen and oxygen atoms in total. The Bertz CT molecular complexity index is 785. The van der Waals surface area contributed by atoms with Gasteiger partial charge in [-0.2, -0.15) is 0 Å². The second kappa shape index (κ2) is 9.35. The molecule has 1 heterocycles. The molecule has 0 bridgehead atoms. The maximum Gasteiger partial charge on any atom is 0.254 e. The van der Waals surface area contributed by atoms with Crippen molar-refractivity contribution in [1.82, 2.24) is 9.80 Å². The Morgan fingerprint density at radius 3 is 2.43 bits per heavy atom. The van der Waals surface area contributed by atoms with Crippen LogP contribution in [0.3, 0.4) is 0 Å². The molecule has 2 aromatic rings. The van der Waals surface area contributed by atoms with Crippen molar-refractivity contribution in [3.63, 3.8) is 0 Å². The summed E-state index contributed by atoms with van der Waals surface area (Å²) >= 11 is 0. The Morgan fingerprint density at radius 1 is 1.07 bits per heavy atom. The molecule has 1 aliphatic heterocycles. The lowest BCUT2D eigenvalue weighted by molar-refractivity contribution is 0.0477. The fourth-order valence-corrected chi connectivity index (χ4v) is 4.24. The van der Waals surface area contributed by atoms with E-state index in [9.17, 15) is 9.90 Å². The van der Waals surface area contributed by atoms with Crippen molar-refractivity contribution in [2.24, 2.45) is 11.8 Å². The molecule has 2 aromatic carbocycles. The fraction of sp³-hybridized carbons (Fsp3) is 0.458. The Labute approximate surface area is 168 Å². The van der Waals surface area contributed by atoms with Crippen LogP contribution in [-0.2, 0) is 6.42 Å². The van der Waals surface area contributed by atoms with Gasteiger partial charge in [0.15, 0.2) is 0 Å². The van der Waals surface area contributed by atoms with Crippen LogP contribution >= 0.6 is 0 Å². The predicted octanol–water partition coefficient (Wildman–Crippen LogP) is 3.22. The summed E-state index contributed by atoms with van der Waals surface area (Å²) in [4.78, 5) is 17.5. The summed E-state index contributed by atoms with van der Waals surface area (Å²) in [6, 6.07) is 16.4. The van der Waals surface area contributed by atoms with Gasteiger partial charge >= 0.3 is 0 Å². The number of piperidine rings is 1. The highest BCUT2D eigenvalue weighted by molar-refractivity contribution is 5.96. The normalized spacial score (nSPS) is 19.8. The van der Waals surface area contributed by atoms with E-state index in [0.717, 1.165) is 37.1 Å². The van der Waals surface area contributed by atoms with Crippen LogP contribution in [0.2, 0.25) is 0 Å². The number of aliphatic hydroxyl groups excluding tert-OH is 1. The lowest BCUT2D eigenvalue weighted by Gasteiger charge is -2.38. The SMILES string of the molecule is Cc1ccc(Cc2ccccc2C(=O)N2C[C@H](CO)C[C@H](CN(C)C)C2)cc1. The van der Waals surface area contributed by atoms with Gasteiger partial charge in [-0.1, -0.05) is 48.0 Å². The number of benzene rings is 2. The molecule has 1 aliphatic rings. The second-order valence-electron chi connectivity index (χ2n) is 8.44. The monoisotopic (exact) mass is 380 g/mol. The van der Waals surface area contributed by atoms with E-state index in [1.54, 1.807) is 0 Å². The smallest absolute Gasteiger partial charge is 0.254 e. The zero-order chi connectivity index (χ0) is 20.1. The van der Waals surface area contributed by atoms with Gasteiger partial charge in [-0.25, -0.2) is 0 Å². The maximum absolute atomic E-state index is 13.4. The fourth-order valence-electron chi connectivity index (χ4n) is 4.24. The molecule has 0 aromatic heterocycles. The van der Waals surface area contributed by atoms with Crippen molar-refractivity contribution in [1.29, 1.82) is 0 Å². The van der Waals surface area contributed by atoms with E-state index in [2.05, 4.69) is 56.3 Å². The Hall–Kier alpha value is -2.17. The minimum Gasteiger partial charge on any atom is -0.396 e. The summed E-state index contributed by atoms with van der Waals surface area (Å²) in [7, 11) is 4.12. The predicted molar refractivity (Wildman–Crippen MR) is 114 cm³/mol. The van der Waals surface area contributed by atoms with Crippen molar-refractivity contribution < 1.29 is 9.90 Å². The average molecular weight is 381 g/mol. The molecule has 0 unspecified atom stereocenters. The van der Waals surface area contributed by atoms with Gasteiger partial charge in [-0.15, -0.1) is 0 Å². The van der Waals surface area contributed by atoms with E-state index in [1.807, 2.05) is 23.1 Å². The zero-order valence-electron chi connectivity index (χ0n) is 17.3. The van der Waals surface area contributed by atoms with E-state index in [-0.39, 0.29) is 18.4 Å². The lowest BCUT2D eigenvalue weighted by atomic mass is 9.88. The number of carbonyl (C=O) groups excluding carboxylic acids is 1. The summed E-state index contributed by atoms with van der Waals surface area (Å²) in [6.07, 6.45) is 1.73. The summed E-state index contributed by atoms with van der Waals surface area (Å²) < 4.78 is 0. The minimum atomic E-state index is 0.0876. The molecule has 4 heteroatoms. The van der Waals surface area contributed by atoms with Gasteiger partial charge in [-0.05, 0) is 62.9 Å². The molecule has 0 radical (unpaired) electrons. The molecule has 1 fully saturated rings. The summed E-state index contributed by atoms with van der Waals surface area (Å²) in [5.74, 6) is 0.644. The van der Waals surface area contributed by atoms with Crippen LogP contribution in [0.4, 0.5) is 0 Å². The number of carbonyl (C=O) groups is 1. The first-order valence-corrected chi connectivity index (χ1v) is 10.1. The topological polar surface area (TPSA) is 43.8 Å². The third-order valence-corrected chi connectivity index (χ3v) is 5.56. The molecule has 0 aliphatic carbocycles. The van der Waals surface area contributed by atoms with Crippen molar-refractivity contribution >= 4 is 5.91 Å². The summed E-state index contributed by atoms with van der Waals surface area (Å²) in [6.45, 7) is 4.55. The first-order valence-electron chi connectivity index (χ1n) is 10.1. The van der Waals surface area contributed by atoms with Gasteiger partial charge in [0.25, 0.3) is 5.91 Å². The first kappa shape index (κ1) is 20.6. The molecule has 150 valence electrons. The van der Waals surface area contributed by atoms with E-state index < -0.39 is 0 Å². The quantitative estimate of drug-likeness (QED) is 0.837. The minimum absolute atomic E-state index is 0.0876. The van der Waals surface area contributed by atoms with Crippen molar-refractivity contribution in [3.8, 4) is 0 Å². The third kappa shape index (κ3) is 5.21. The van der Waals surface area contributed by atoms with Gasteiger partial charge in [-0.3, -0.25) is 4.79 Å². The molecule has 1 N–H and O–H groups in total. The Kier molecular flexibility index (Phi) is 6.87. The van der Waals surface area contributed by atoms with Gasteiger partial charge in [0.05, 0.1) is 0 Å². The molecular formula is C24H32N2O2. The number of likely N-dealkylation sites (tertiary alicyclic amines) is 1. The molecule has 0 spiro atoms. The van der Waals surface area contributed by atoms with E-state index in [1.165, 1.54) is 11.1 Å². The average Bonchev–Trinajstić information content (AvgIpc) is 2.69. The molecule has 1 amide bonds. The number of amides is 1. The summed E-state index contributed by atoms with van der Waals surface area (Å²) in [5.41, 5.74) is 4.29. The summed E-state index contributed by atoms with van der Waals surface area (Å²) in [5, 5.41) is 9.73. The van der Waals surface area contributed by atoms with Crippen molar-refractivity contribution in [2.75, 3.05) is 40.3 Å². The molecule has 0 saturated carbocycles. The Balaban J connectivity index is 1.80. The zero-order valence-corrected chi connectivity index (χ0v) is 17.3. The third-order valence-electron chi connectivity index (χ3n) is 5.56. The van der Waals surface area contributed by atoms with E-state index in [0.29, 0.717) is 12.5 Å². The van der Waals surface area contributed by atoms with Crippen molar-refractivity contribution in [3.05, 3.63) is 70.8 Å². The van der Waals surface area contributed by atoms with E-state index in [4.69, 9.17) is 0 Å². The maximum atomic E-state index is 13.4. The number of hydrogen-bond acceptors (Lipinski definition) is 3. The highest BCUT2D eigenvalue weighted by Crippen LogP contribution is 2.25. The highest BCUT2D eigenvalue weighted by Gasteiger charge is 2.31. The van der Waals surface area contributed by atoms with Crippen LogP contribution in [-0.4, -0.2) is 61.2 Å². The highest BCUT2D eigenvalue weighted by atomic mass is 16.3. The molecular weight excluding hydrogens is 348 g/mol. The number of rotatable bonds is 6. The lowest BCUT2D eigenvalue weighted by Crippen LogP contribution is -2.47. The van der Waals surface area contributed by atoms with Crippen LogP contribution in [0, 0.1) is 18.8 Å². The van der Waals surface area contributed by atoms with Crippen LogP contribution in [0.15, 0.2) is 48.5 Å². The largest absolute Gasteiger partial charge is 0.396 e. The molecule has 1 saturated heterocycles. The standard InChI is InChI=1S/C24H32N2O2/c1-18-8-10-19(11-9-18)13-22-6-4-5-7-23(22)24(28)26-15-20(14-25(2)3)12-21(16-26)17-27/h4-11,20-21,27H,12-17H2,1-3H3/t20-,21-/m1/s1. The number of aryl methyl sites for hydroxylation is 1. The van der Waals surface area contributed by atoms with Gasteiger partial charge in [0.2, 0.25) is 0 Å². The van der Waals surface area contributed by atoms with Gasteiger partial charge in [0, 0.05) is 31.8 Å². The molecule has 28 heavy (non-hydrogen) atoms. The molecule has 2 atom stereocenters. The van der Waals surface area contributed by atoms with Crippen LogP contribution in [0.1, 0.15) is 33.5 Å². The number of nitrogens with zero attached hydrogens (tertiary/aromatic N) is 2. The number of aliphatic hydroxyl groups is 1. The number of hydrogen-bond donors (Lipinski definition) is 1. The Morgan fingerprint density at radius 2 is 1.75 bits per heavy atom. The first-order chi connectivity index (χ1) is 13.5. The second-order valence-corrected chi connectivity index (χ2v) is 8.44. The van der Waals surface area contributed by atoms with Crippen LogP contribution < -0.4 is 0 Å². The van der Waals surface area contributed by atoms with Crippen LogP contribution in [0.5, 0.6) is 0 Å².